The lowest BCUT2D eigenvalue weighted by atomic mass is 9.94. The molecule has 1 atom stereocenters. The predicted octanol–water partition coefficient (Wildman–Crippen LogP) is 5.40. The number of benzene rings is 2. The van der Waals surface area contributed by atoms with Crippen molar-refractivity contribution in [2.24, 2.45) is 0 Å². The Morgan fingerprint density at radius 1 is 1.13 bits per heavy atom. The van der Waals surface area contributed by atoms with E-state index < -0.39 is 0 Å². The Morgan fingerprint density at radius 3 is 2.61 bits per heavy atom. The molecule has 0 aliphatic rings. The maximum Gasteiger partial charge on any atom is 0.110 e. The van der Waals surface area contributed by atoms with Crippen molar-refractivity contribution in [1.82, 2.24) is 4.98 Å². The molecule has 0 N–H and O–H groups in total. The van der Waals surface area contributed by atoms with Gasteiger partial charge in [0.05, 0.1) is 6.61 Å². The molecule has 0 saturated carbocycles. The van der Waals surface area contributed by atoms with E-state index in [-0.39, 0.29) is 6.10 Å². The Bertz CT molecular complexity index is 829. The van der Waals surface area contributed by atoms with Gasteiger partial charge in [0.1, 0.15) is 6.10 Å². The minimum atomic E-state index is -0.232. The first-order chi connectivity index (χ1) is 11.2. The molecule has 2 nitrogen and oxygen atoms in total. The summed E-state index contributed by atoms with van der Waals surface area (Å²) in [6, 6.07) is 16.5. The molecule has 0 amide bonds. The van der Waals surface area contributed by atoms with Gasteiger partial charge in [0.15, 0.2) is 0 Å². The summed E-state index contributed by atoms with van der Waals surface area (Å²) < 4.78 is 6.05. The second kappa shape index (κ2) is 6.95. The van der Waals surface area contributed by atoms with Crippen molar-refractivity contribution in [3.63, 3.8) is 0 Å². The highest BCUT2D eigenvalue weighted by Crippen LogP contribution is 2.33. The minimum Gasteiger partial charge on any atom is -0.363 e. The summed E-state index contributed by atoms with van der Waals surface area (Å²) in [5, 5.41) is 2.89. The molecule has 1 unspecified atom stereocenters. The van der Waals surface area contributed by atoms with Crippen LogP contribution in [-0.4, -0.2) is 11.6 Å². The van der Waals surface area contributed by atoms with Gasteiger partial charge in [0.2, 0.25) is 0 Å². The van der Waals surface area contributed by atoms with Crippen LogP contribution in [0, 0.1) is 6.92 Å². The number of aryl methyl sites for hydroxylation is 1. The van der Waals surface area contributed by atoms with Gasteiger partial charge in [-0.3, -0.25) is 4.98 Å². The van der Waals surface area contributed by atoms with Crippen molar-refractivity contribution in [3.05, 3.63) is 89.2 Å². The lowest BCUT2D eigenvalue weighted by molar-refractivity contribution is 0.103. The quantitative estimate of drug-likeness (QED) is 0.627. The van der Waals surface area contributed by atoms with Gasteiger partial charge in [-0.15, -0.1) is 0 Å². The number of pyridine rings is 1. The monoisotopic (exact) mass is 323 g/mol. The van der Waals surface area contributed by atoms with Crippen LogP contribution in [0.5, 0.6) is 0 Å². The topological polar surface area (TPSA) is 22.1 Å². The van der Waals surface area contributed by atoms with E-state index in [1.54, 1.807) is 6.20 Å². The smallest absolute Gasteiger partial charge is 0.110 e. The summed E-state index contributed by atoms with van der Waals surface area (Å²) in [5.74, 6) is 0. The van der Waals surface area contributed by atoms with Gasteiger partial charge >= 0.3 is 0 Å². The highest BCUT2D eigenvalue weighted by molar-refractivity contribution is 6.29. The summed E-state index contributed by atoms with van der Waals surface area (Å²) in [4.78, 5) is 4.22. The molecule has 2 aromatic carbocycles. The van der Waals surface area contributed by atoms with Gasteiger partial charge in [-0.2, -0.15) is 0 Å². The van der Waals surface area contributed by atoms with Crippen LogP contribution in [0.3, 0.4) is 0 Å². The first kappa shape index (κ1) is 15.7. The Balaban J connectivity index is 2.13. The second-order valence-corrected chi connectivity index (χ2v) is 6.05. The number of rotatable bonds is 5. The van der Waals surface area contributed by atoms with E-state index in [2.05, 4.69) is 48.8 Å². The molecular formula is C20H18ClNO. The van der Waals surface area contributed by atoms with Crippen molar-refractivity contribution >= 4 is 22.4 Å². The SMILES string of the molecule is C=C(Cl)COC(c1cccnc1)c1ccc(C)c2ccccc12. The van der Waals surface area contributed by atoms with Crippen molar-refractivity contribution in [3.8, 4) is 0 Å². The fourth-order valence-corrected chi connectivity index (χ4v) is 2.84. The average Bonchev–Trinajstić information content (AvgIpc) is 2.58. The van der Waals surface area contributed by atoms with Crippen LogP contribution in [0.2, 0.25) is 0 Å². The minimum absolute atomic E-state index is 0.232. The number of fused-ring (bicyclic) bond motifs is 1. The van der Waals surface area contributed by atoms with Gasteiger partial charge in [-0.25, -0.2) is 0 Å². The zero-order valence-corrected chi connectivity index (χ0v) is 13.8. The number of hydrogen-bond donors (Lipinski definition) is 0. The molecule has 0 aliphatic heterocycles. The molecular weight excluding hydrogens is 306 g/mol. The zero-order chi connectivity index (χ0) is 16.2. The van der Waals surface area contributed by atoms with Gasteiger partial charge < -0.3 is 4.74 Å². The average molecular weight is 324 g/mol. The molecule has 0 spiro atoms. The van der Waals surface area contributed by atoms with Crippen LogP contribution in [0.4, 0.5) is 0 Å². The normalized spacial score (nSPS) is 12.3. The van der Waals surface area contributed by atoms with Gasteiger partial charge in [-0.1, -0.05) is 60.6 Å². The number of halogens is 1. The summed E-state index contributed by atoms with van der Waals surface area (Å²) in [5.41, 5.74) is 3.35. The highest BCUT2D eigenvalue weighted by Gasteiger charge is 2.18. The van der Waals surface area contributed by atoms with E-state index in [0.29, 0.717) is 11.6 Å². The predicted molar refractivity (Wildman–Crippen MR) is 95.7 cm³/mol. The van der Waals surface area contributed by atoms with E-state index >= 15 is 0 Å². The van der Waals surface area contributed by atoms with E-state index in [0.717, 1.165) is 11.1 Å². The lowest BCUT2D eigenvalue weighted by Gasteiger charge is -2.21. The van der Waals surface area contributed by atoms with Crippen molar-refractivity contribution in [2.75, 3.05) is 6.61 Å². The van der Waals surface area contributed by atoms with Crippen molar-refractivity contribution < 1.29 is 4.74 Å². The van der Waals surface area contributed by atoms with Crippen LogP contribution in [0.1, 0.15) is 22.8 Å². The molecule has 0 radical (unpaired) electrons. The van der Waals surface area contributed by atoms with Gasteiger partial charge in [0.25, 0.3) is 0 Å². The third-order valence-corrected chi connectivity index (χ3v) is 3.96. The number of nitrogens with zero attached hydrogens (tertiary/aromatic N) is 1. The maximum atomic E-state index is 6.05. The molecule has 1 aromatic heterocycles. The third kappa shape index (κ3) is 3.44. The van der Waals surface area contributed by atoms with Crippen molar-refractivity contribution in [2.45, 2.75) is 13.0 Å². The zero-order valence-electron chi connectivity index (χ0n) is 13.0. The molecule has 116 valence electrons. The number of hydrogen-bond acceptors (Lipinski definition) is 2. The number of aromatic nitrogens is 1. The Kier molecular flexibility index (Phi) is 4.75. The number of ether oxygens (including phenoxy) is 1. The molecule has 3 aromatic rings. The lowest BCUT2D eigenvalue weighted by Crippen LogP contribution is -2.08. The second-order valence-electron chi connectivity index (χ2n) is 5.51. The largest absolute Gasteiger partial charge is 0.363 e. The van der Waals surface area contributed by atoms with Crippen LogP contribution in [-0.2, 0) is 4.74 Å². The third-order valence-electron chi connectivity index (χ3n) is 3.85. The fourth-order valence-electron chi connectivity index (χ4n) is 2.77. The van der Waals surface area contributed by atoms with Crippen molar-refractivity contribution in [1.29, 1.82) is 0 Å². The Hall–Kier alpha value is -2.16. The first-order valence-electron chi connectivity index (χ1n) is 7.50. The van der Waals surface area contributed by atoms with E-state index in [1.807, 2.05) is 24.4 Å². The van der Waals surface area contributed by atoms with Gasteiger partial charge in [0, 0.05) is 23.0 Å². The van der Waals surface area contributed by atoms with E-state index in [4.69, 9.17) is 16.3 Å². The van der Waals surface area contributed by atoms with Crippen LogP contribution >= 0.6 is 11.6 Å². The Labute approximate surface area is 141 Å². The molecule has 0 fully saturated rings. The molecule has 3 heteroatoms. The molecule has 23 heavy (non-hydrogen) atoms. The van der Waals surface area contributed by atoms with Crippen LogP contribution in [0.25, 0.3) is 10.8 Å². The molecule has 1 heterocycles. The fraction of sp³-hybridized carbons (Fsp3) is 0.150. The summed E-state index contributed by atoms with van der Waals surface area (Å²) in [6.07, 6.45) is 3.36. The molecule has 0 aliphatic carbocycles. The summed E-state index contributed by atoms with van der Waals surface area (Å²) in [7, 11) is 0. The molecule has 3 rings (SSSR count). The van der Waals surface area contributed by atoms with E-state index in [9.17, 15) is 0 Å². The maximum absolute atomic E-state index is 6.05. The standard InChI is InChI=1S/C20H18ClNO/c1-14-9-10-19(18-8-4-3-7-17(14)18)20(23-13-15(2)21)16-6-5-11-22-12-16/h3-12,20H,2,13H2,1H3. The molecule has 0 saturated heterocycles. The van der Waals surface area contributed by atoms with Gasteiger partial charge in [-0.05, 0) is 34.9 Å². The Morgan fingerprint density at radius 2 is 1.91 bits per heavy atom. The summed E-state index contributed by atoms with van der Waals surface area (Å²) >= 11 is 5.91. The molecule has 0 bridgehead atoms. The van der Waals surface area contributed by atoms with E-state index in [1.165, 1.54) is 16.3 Å². The summed E-state index contributed by atoms with van der Waals surface area (Å²) in [6.45, 7) is 6.13. The van der Waals surface area contributed by atoms with Crippen LogP contribution < -0.4 is 0 Å². The van der Waals surface area contributed by atoms with Crippen LogP contribution in [0.15, 0.2) is 72.5 Å². The first-order valence-corrected chi connectivity index (χ1v) is 7.87. The highest BCUT2D eigenvalue weighted by atomic mass is 35.5.